The van der Waals surface area contributed by atoms with Gasteiger partial charge >= 0.3 is 6.18 Å². The number of nitrogens with zero attached hydrogens (tertiary/aromatic N) is 1. The van der Waals surface area contributed by atoms with Crippen LogP contribution in [0.5, 0.6) is 11.5 Å². The van der Waals surface area contributed by atoms with Crippen molar-refractivity contribution < 1.29 is 27.4 Å². The zero-order valence-electron chi connectivity index (χ0n) is 15.0. The lowest BCUT2D eigenvalue weighted by Gasteiger charge is -2.23. The summed E-state index contributed by atoms with van der Waals surface area (Å²) in [6.07, 6.45) is -2.55. The Labute approximate surface area is 160 Å². The van der Waals surface area contributed by atoms with Gasteiger partial charge in [-0.3, -0.25) is 4.79 Å². The van der Waals surface area contributed by atoms with Crippen LogP contribution in [0.1, 0.15) is 28.8 Å². The number of nitrogens with one attached hydrogen (secondary N) is 1. The molecular formula is C20H19F3N2O3. The molecule has 0 saturated carbocycles. The Morgan fingerprint density at radius 3 is 2.39 bits per heavy atom. The Bertz CT molecular complexity index is 893. The fourth-order valence-electron chi connectivity index (χ4n) is 3.43. The number of alkyl halides is 3. The predicted molar refractivity (Wildman–Crippen MR) is 98.3 cm³/mol. The third-order valence-electron chi connectivity index (χ3n) is 4.82. The van der Waals surface area contributed by atoms with E-state index in [0.717, 1.165) is 38.1 Å². The van der Waals surface area contributed by atoms with Crippen molar-refractivity contribution in [2.45, 2.75) is 19.0 Å². The zero-order chi connectivity index (χ0) is 19.7. The van der Waals surface area contributed by atoms with Crippen LogP contribution in [-0.2, 0) is 6.18 Å². The average molecular weight is 392 g/mol. The summed E-state index contributed by atoms with van der Waals surface area (Å²) in [7, 11) is 0. The molecule has 0 bridgehead atoms. The maximum Gasteiger partial charge on any atom is 0.416 e. The van der Waals surface area contributed by atoms with Crippen molar-refractivity contribution in [3.63, 3.8) is 0 Å². The summed E-state index contributed by atoms with van der Waals surface area (Å²) < 4.78 is 50.4. The van der Waals surface area contributed by atoms with Crippen LogP contribution in [0.15, 0.2) is 36.4 Å². The first-order valence-corrected chi connectivity index (χ1v) is 9.09. The molecule has 28 heavy (non-hydrogen) atoms. The molecule has 2 aliphatic rings. The number of fused-ring (bicyclic) bond motifs is 1. The van der Waals surface area contributed by atoms with Crippen LogP contribution >= 0.6 is 0 Å². The second kappa shape index (κ2) is 7.26. The van der Waals surface area contributed by atoms with E-state index in [2.05, 4.69) is 5.32 Å². The number of halogens is 3. The Hall–Kier alpha value is -2.90. The molecule has 5 nitrogen and oxygen atoms in total. The third kappa shape index (κ3) is 3.72. The van der Waals surface area contributed by atoms with E-state index in [1.165, 1.54) is 12.1 Å². The molecular weight excluding hydrogens is 373 g/mol. The van der Waals surface area contributed by atoms with Gasteiger partial charge in [-0.25, -0.2) is 0 Å². The number of hydrogen-bond acceptors (Lipinski definition) is 4. The van der Waals surface area contributed by atoms with E-state index in [9.17, 15) is 18.0 Å². The second-order valence-corrected chi connectivity index (χ2v) is 6.74. The van der Waals surface area contributed by atoms with E-state index < -0.39 is 17.6 Å². The Kier molecular flexibility index (Phi) is 4.78. The highest BCUT2D eigenvalue weighted by atomic mass is 19.4. The predicted octanol–water partition coefficient (Wildman–Crippen LogP) is 4.33. The highest BCUT2D eigenvalue weighted by Crippen LogP contribution is 2.37. The molecule has 8 heteroatoms. The minimum absolute atomic E-state index is 0.150. The van der Waals surface area contributed by atoms with Gasteiger partial charge in [-0.2, -0.15) is 13.2 Å². The first kappa shape index (κ1) is 18.5. The molecule has 2 heterocycles. The van der Waals surface area contributed by atoms with Gasteiger partial charge in [0.2, 0.25) is 0 Å². The summed E-state index contributed by atoms with van der Waals surface area (Å²) in [5.41, 5.74) is 0.231. The molecule has 0 unspecified atom stereocenters. The first-order valence-electron chi connectivity index (χ1n) is 9.09. The maximum absolute atomic E-state index is 13.2. The SMILES string of the molecule is O=C(Nc1cc(C(F)(F)F)ccc1N1CCCC1)c1ccc2c(c1)OCCO2. The molecule has 0 aliphatic carbocycles. The highest BCUT2D eigenvalue weighted by molar-refractivity contribution is 6.06. The summed E-state index contributed by atoms with van der Waals surface area (Å²) in [6, 6.07) is 8.18. The smallest absolute Gasteiger partial charge is 0.416 e. The fraction of sp³-hybridized carbons (Fsp3) is 0.350. The van der Waals surface area contributed by atoms with Gasteiger partial charge in [0.25, 0.3) is 5.91 Å². The quantitative estimate of drug-likeness (QED) is 0.845. The van der Waals surface area contributed by atoms with Gasteiger partial charge in [-0.1, -0.05) is 0 Å². The molecule has 1 fully saturated rings. The molecule has 0 aromatic heterocycles. The Morgan fingerprint density at radius 1 is 0.964 bits per heavy atom. The van der Waals surface area contributed by atoms with Crippen LogP contribution in [0.2, 0.25) is 0 Å². The number of ether oxygens (including phenoxy) is 2. The molecule has 2 aliphatic heterocycles. The van der Waals surface area contributed by atoms with E-state index in [1.807, 2.05) is 4.90 Å². The van der Waals surface area contributed by atoms with Gasteiger partial charge in [0, 0.05) is 18.7 Å². The monoisotopic (exact) mass is 392 g/mol. The normalized spacial score (nSPS) is 16.2. The number of benzene rings is 2. The van der Waals surface area contributed by atoms with Crippen LogP contribution in [0, 0.1) is 0 Å². The Morgan fingerprint density at radius 2 is 1.68 bits per heavy atom. The topological polar surface area (TPSA) is 50.8 Å². The molecule has 1 saturated heterocycles. The van der Waals surface area contributed by atoms with Gasteiger partial charge in [0.1, 0.15) is 13.2 Å². The van der Waals surface area contributed by atoms with Gasteiger partial charge in [0.15, 0.2) is 11.5 Å². The van der Waals surface area contributed by atoms with E-state index in [0.29, 0.717) is 30.4 Å². The summed E-state index contributed by atoms with van der Waals surface area (Å²) in [6.45, 7) is 2.31. The van der Waals surface area contributed by atoms with Gasteiger partial charge in [-0.15, -0.1) is 0 Å². The molecule has 4 rings (SSSR count). The van der Waals surface area contributed by atoms with Gasteiger partial charge in [0.05, 0.1) is 16.9 Å². The minimum atomic E-state index is -4.49. The minimum Gasteiger partial charge on any atom is -0.486 e. The summed E-state index contributed by atoms with van der Waals surface area (Å²) >= 11 is 0. The van der Waals surface area contributed by atoms with Crippen LogP contribution in [0.25, 0.3) is 0 Å². The number of carbonyl (C=O) groups is 1. The van der Waals surface area contributed by atoms with E-state index >= 15 is 0 Å². The average Bonchev–Trinajstić information content (AvgIpc) is 3.21. The van der Waals surface area contributed by atoms with Crippen molar-refractivity contribution in [2.75, 3.05) is 36.5 Å². The molecule has 1 amide bonds. The van der Waals surface area contributed by atoms with E-state index in [-0.39, 0.29) is 11.3 Å². The molecule has 0 atom stereocenters. The van der Waals surface area contributed by atoms with Crippen LogP contribution < -0.4 is 19.7 Å². The lowest BCUT2D eigenvalue weighted by atomic mass is 10.1. The lowest BCUT2D eigenvalue weighted by Crippen LogP contribution is -2.22. The standard InChI is InChI=1S/C20H19F3N2O3/c21-20(22,23)14-4-5-16(25-7-1-2-8-25)15(12-14)24-19(26)13-3-6-17-18(11-13)28-10-9-27-17/h3-6,11-12H,1-2,7-10H2,(H,24,26). The Balaban J connectivity index is 1.64. The summed E-state index contributed by atoms with van der Waals surface area (Å²) in [4.78, 5) is 14.7. The molecule has 1 N–H and O–H groups in total. The summed E-state index contributed by atoms with van der Waals surface area (Å²) in [5.74, 6) is 0.485. The van der Waals surface area contributed by atoms with Crippen molar-refractivity contribution in [2.24, 2.45) is 0 Å². The molecule has 2 aromatic rings. The van der Waals surface area contributed by atoms with E-state index in [1.54, 1.807) is 12.1 Å². The molecule has 148 valence electrons. The third-order valence-corrected chi connectivity index (χ3v) is 4.82. The number of anilines is 2. The van der Waals surface area contributed by atoms with Gasteiger partial charge < -0.3 is 19.7 Å². The number of hydrogen-bond donors (Lipinski definition) is 1. The van der Waals surface area contributed by atoms with Crippen molar-refractivity contribution >= 4 is 17.3 Å². The van der Waals surface area contributed by atoms with Crippen molar-refractivity contribution in [1.82, 2.24) is 0 Å². The fourth-order valence-corrected chi connectivity index (χ4v) is 3.43. The van der Waals surface area contributed by atoms with Crippen molar-refractivity contribution in [3.8, 4) is 11.5 Å². The highest BCUT2D eigenvalue weighted by Gasteiger charge is 2.32. The molecule has 0 radical (unpaired) electrons. The largest absolute Gasteiger partial charge is 0.486 e. The van der Waals surface area contributed by atoms with Crippen LogP contribution in [0.4, 0.5) is 24.5 Å². The number of carbonyl (C=O) groups excluding carboxylic acids is 1. The lowest BCUT2D eigenvalue weighted by molar-refractivity contribution is -0.137. The maximum atomic E-state index is 13.2. The number of rotatable bonds is 3. The first-order chi connectivity index (χ1) is 13.4. The number of amides is 1. The van der Waals surface area contributed by atoms with Crippen LogP contribution in [-0.4, -0.2) is 32.2 Å². The van der Waals surface area contributed by atoms with Crippen molar-refractivity contribution in [3.05, 3.63) is 47.5 Å². The van der Waals surface area contributed by atoms with Gasteiger partial charge in [-0.05, 0) is 49.2 Å². The second-order valence-electron chi connectivity index (χ2n) is 6.74. The summed E-state index contributed by atoms with van der Waals surface area (Å²) in [5, 5.41) is 2.65. The molecule has 2 aromatic carbocycles. The van der Waals surface area contributed by atoms with Crippen molar-refractivity contribution in [1.29, 1.82) is 0 Å². The van der Waals surface area contributed by atoms with E-state index in [4.69, 9.17) is 9.47 Å². The molecule has 0 spiro atoms. The zero-order valence-corrected chi connectivity index (χ0v) is 15.0. The van der Waals surface area contributed by atoms with Crippen LogP contribution in [0.3, 0.4) is 0 Å².